The quantitative estimate of drug-likeness (QED) is 0.0959. The lowest BCUT2D eigenvalue weighted by Gasteiger charge is -2.27. The van der Waals surface area contributed by atoms with Gasteiger partial charge in [0.15, 0.2) is 5.43 Å². The van der Waals surface area contributed by atoms with Crippen LogP contribution < -0.4 is 19.6 Å². The van der Waals surface area contributed by atoms with Crippen molar-refractivity contribution in [3.05, 3.63) is 79.9 Å². The smallest absolute Gasteiger partial charge is 0.411 e. The van der Waals surface area contributed by atoms with E-state index < -0.39 is 59.6 Å². The van der Waals surface area contributed by atoms with Gasteiger partial charge in [-0.1, -0.05) is 27.7 Å². The van der Waals surface area contributed by atoms with Crippen LogP contribution in [0.2, 0.25) is 0 Å². The van der Waals surface area contributed by atoms with Gasteiger partial charge in [0.25, 0.3) is 0 Å². The predicted molar refractivity (Wildman–Crippen MR) is 296 cm³/mol. The molecule has 4 atom stereocenters. The number of β-amino-alcohol motifs (C(OH)–C–C–N with tert-alkyl or cyclic N) is 1. The molecule has 0 bridgehead atoms. The van der Waals surface area contributed by atoms with E-state index in [1.807, 2.05) is 48.9 Å². The molecule has 2 fully saturated rings. The van der Waals surface area contributed by atoms with Crippen LogP contribution in [0, 0.1) is 13.8 Å². The van der Waals surface area contributed by atoms with Gasteiger partial charge >= 0.3 is 24.1 Å². The molecule has 77 heavy (non-hydrogen) atoms. The number of ether oxygens (including phenoxy) is 7. The van der Waals surface area contributed by atoms with Gasteiger partial charge < -0.3 is 43.2 Å². The number of likely N-dealkylation sites (tertiary alicyclic amines) is 2. The number of benzene rings is 2. The van der Waals surface area contributed by atoms with Crippen molar-refractivity contribution in [3.8, 4) is 38.7 Å². The van der Waals surface area contributed by atoms with Crippen LogP contribution in [0.4, 0.5) is 9.59 Å². The summed E-state index contributed by atoms with van der Waals surface area (Å²) in [7, 11) is 5.82. The molecule has 6 heterocycles. The third-order valence-corrected chi connectivity index (χ3v) is 14.3. The first-order chi connectivity index (χ1) is 36.2. The first kappa shape index (κ1) is 59.4. The van der Waals surface area contributed by atoms with Crippen molar-refractivity contribution in [2.24, 2.45) is 0 Å². The van der Waals surface area contributed by atoms with Gasteiger partial charge in [-0.15, -0.1) is 22.7 Å². The number of fused-ring (bicyclic) bond motifs is 2. The van der Waals surface area contributed by atoms with E-state index in [0.29, 0.717) is 28.7 Å². The van der Waals surface area contributed by atoms with Crippen LogP contribution in [0.1, 0.15) is 116 Å². The molecule has 6 aromatic rings. The number of nitrogens with zero attached hydrogens (tertiary/aromatic N) is 5. The van der Waals surface area contributed by atoms with Crippen molar-refractivity contribution in [1.29, 1.82) is 0 Å². The average molecular weight is 1100 g/mol. The zero-order valence-electron chi connectivity index (χ0n) is 46.8. The Labute approximate surface area is 457 Å². The van der Waals surface area contributed by atoms with Gasteiger partial charge in [0, 0.05) is 57.6 Å². The number of hydrogen-bond acceptors (Lipinski definition) is 18. The molecule has 0 saturated carbocycles. The summed E-state index contributed by atoms with van der Waals surface area (Å²) in [5, 5.41) is 16.7. The minimum Gasteiger partial charge on any atom is -0.496 e. The number of nitrogens with one attached hydrogen (secondary N) is 1. The second kappa shape index (κ2) is 24.7. The molecule has 2 aromatic carbocycles. The number of aromatic amines is 1. The van der Waals surface area contributed by atoms with E-state index in [4.69, 9.17) is 38.4 Å². The van der Waals surface area contributed by atoms with Gasteiger partial charge in [-0.05, 0) is 91.5 Å². The average Bonchev–Trinajstić information content (AvgIpc) is 4.21. The monoisotopic (exact) mass is 1100 g/mol. The number of carbonyl (C=O) groups excluding carboxylic acids is 4. The number of thiazole rings is 2. The summed E-state index contributed by atoms with van der Waals surface area (Å²) in [5.41, 5.74) is 5.51. The lowest BCUT2D eigenvalue weighted by Crippen LogP contribution is -2.44. The second-order valence-electron chi connectivity index (χ2n) is 21.3. The zero-order valence-corrected chi connectivity index (χ0v) is 48.4. The molecule has 4 aromatic heterocycles. The topological polar surface area (TPSA) is 231 Å². The molecule has 2 amide bonds. The molecule has 0 aliphatic carbocycles. The lowest BCUT2D eigenvalue weighted by atomic mass is 10.1. The molecule has 0 spiro atoms. The number of rotatable bonds is 10. The standard InChI is InChI=1S/C28H35N3O6S.C17H18N2O2S.C11H19NO5/c1-15(2)20-14-38-25(30-20)19-12-23(18-9-10-22(34-7)16(3)24(18)29-19)36-17-11-21(26(32)35-8)31(13-17)27(33)37-28(4,5)6;1-9(2)13-8-22-17(19-13)12-7-14(20)11-5-6-15(21-4)10(3)16(11)18-12;1-11(2,3)17-10(15)12-6-7(13)5-8(12)9(14)16-4/h9-10,12,14-15,17,21H,11,13H2,1-8H3;5-9H,1-4H3,(H,18,20);7-8,13H,5-6H2,1-4H3/t17-,21+;;7-,8-/m1.0/s1. The Morgan fingerprint density at radius 3 is 1.70 bits per heavy atom. The van der Waals surface area contributed by atoms with Crippen molar-refractivity contribution < 1.29 is 57.4 Å². The summed E-state index contributed by atoms with van der Waals surface area (Å²) >= 11 is 3.08. The molecule has 0 unspecified atom stereocenters. The number of methoxy groups -OCH3 is 4. The van der Waals surface area contributed by atoms with Crippen LogP contribution >= 0.6 is 22.7 Å². The van der Waals surface area contributed by atoms with E-state index in [1.165, 1.54) is 35.4 Å². The Hall–Kier alpha value is -6.84. The van der Waals surface area contributed by atoms with Crippen LogP contribution in [0.5, 0.6) is 17.2 Å². The van der Waals surface area contributed by atoms with Crippen LogP contribution in [0.3, 0.4) is 0 Å². The maximum absolute atomic E-state index is 12.9. The van der Waals surface area contributed by atoms with Crippen LogP contribution in [-0.4, -0.2) is 136 Å². The highest BCUT2D eigenvalue weighted by Gasteiger charge is 2.44. The zero-order chi connectivity index (χ0) is 56.8. The van der Waals surface area contributed by atoms with E-state index in [0.717, 1.165) is 66.1 Å². The van der Waals surface area contributed by atoms with Gasteiger partial charge in [0.05, 0.1) is 75.7 Å². The number of aliphatic hydroxyl groups excluding tert-OH is 1. The number of hydrogen-bond donors (Lipinski definition) is 2. The highest BCUT2D eigenvalue weighted by Crippen LogP contribution is 2.38. The minimum absolute atomic E-state index is 0.00389. The normalized spacial score (nSPS) is 17.4. The summed E-state index contributed by atoms with van der Waals surface area (Å²) in [4.78, 5) is 81.4. The van der Waals surface area contributed by atoms with Gasteiger partial charge in [-0.25, -0.2) is 34.1 Å². The summed E-state index contributed by atoms with van der Waals surface area (Å²) in [6.45, 7) is 23.2. The van der Waals surface area contributed by atoms with Crippen molar-refractivity contribution in [2.45, 2.75) is 143 Å². The molecule has 2 N–H and O–H groups in total. The third kappa shape index (κ3) is 14.4. The molecule has 8 rings (SSSR count). The Morgan fingerprint density at radius 1 is 0.675 bits per heavy atom. The fourth-order valence-corrected chi connectivity index (χ4v) is 10.5. The summed E-state index contributed by atoms with van der Waals surface area (Å²) in [6.07, 6.45) is -1.91. The molecule has 2 aliphatic rings. The molecular weight excluding hydrogens is 1030 g/mol. The number of aliphatic hydroxyl groups is 1. The highest BCUT2D eigenvalue weighted by molar-refractivity contribution is 7.13. The Balaban J connectivity index is 0.000000207. The first-order valence-corrected chi connectivity index (χ1v) is 27.0. The molecule has 0 radical (unpaired) electrons. The molecule has 21 heteroatoms. The van der Waals surface area contributed by atoms with Gasteiger partial charge in [-0.2, -0.15) is 0 Å². The second-order valence-corrected chi connectivity index (χ2v) is 23.0. The highest BCUT2D eigenvalue weighted by atomic mass is 32.1. The third-order valence-electron chi connectivity index (χ3n) is 12.5. The molecular formula is C56H72N6O13S2. The molecule has 416 valence electrons. The number of amides is 2. The molecule has 2 aliphatic heterocycles. The van der Waals surface area contributed by atoms with E-state index >= 15 is 0 Å². The SMILES string of the molecule is COC(=O)[C@@H]1C[C@@H](Oc2cc(-c3nc(C(C)C)cs3)nc3c(C)c(OC)ccc23)CN1C(=O)OC(C)(C)C.COC(=O)[C@@H]1C[C@H](O)CN1C(=O)OC(C)(C)C.COc1ccc2c(=O)cc(-c3nc(C(C)C)cs3)[nH]c2c1C. The van der Waals surface area contributed by atoms with E-state index in [9.17, 15) is 29.1 Å². The van der Waals surface area contributed by atoms with Gasteiger partial charge in [-0.3, -0.25) is 14.6 Å². The molecule has 2 saturated heterocycles. The number of esters is 2. The maximum Gasteiger partial charge on any atom is 0.411 e. The van der Waals surface area contributed by atoms with Crippen molar-refractivity contribution >= 4 is 68.6 Å². The fraction of sp³-hybridized carbons (Fsp3) is 0.500. The number of H-pyrrole nitrogens is 1. The van der Waals surface area contributed by atoms with Crippen molar-refractivity contribution in [3.63, 3.8) is 0 Å². The van der Waals surface area contributed by atoms with Crippen LogP contribution in [0.15, 0.2) is 52.0 Å². The Bertz CT molecular complexity index is 3150. The van der Waals surface area contributed by atoms with E-state index in [2.05, 4.69) is 42.4 Å². The lowest BCUT2D eigenvalue weighted by molar-refractivity contribution is -0.146. The van der Waals surface area contributed by atoms with Gasteiger partial charge in [0.2, 0.25) is 0 Å². The number of aryl methyl sites for hydroxylation is 2. The fourth-order valence-electron chi connectivity index (χ4n) is 8.57. The molecule has 19 nitrogen and oxygen atoms in total. The van der Waals surface area contributed by atoms with Crippen molar-refractivity contribution in [1.82, 2.24) is 29.7 Å². The number of aromatic nitrogens is 4. The summed E-state index contributed by atoms with van der Waals surface area (Å²) in [5.74, 6) is 1.71. The number of pyridine rings is 2. The first-order valence-electron chi connectivity index (χ1n) is 25.3. The van der Waals surface area contributed by atoms with Crippen LogP contribution in [-0.2, 0) is 28.5 Å². The Morgan fingerprint density at radius 2 is 1.18 bits per heavy atom. The van der Waals surface area contributed by atoms with E-state index in [1.54, 1.807) is 79.2 Å². The number of carbonyl (C=O) groups is 4. The largest absolute Gasteiger partial charge is 0.496 e. The summed E-state index contributed by atoms with van der Waals surface area (Å²) < 4.78 is 37.7. The van der Waals surface area contributed by atoms with Crippen molar-refractivity contribution in [2.75, 3.05) is 41.5 Å². The predicted octanol–water partition coefficient (Wildman–Crippen LogP) is 10.4. The van der Waals surface area contributed by atoms with Crippen LogP contribution in [0.25, 0.3) is 43.2 Å². The Kier molecular flexibility index (Phi) is 19.0. The maximum atomic E-state index is 12.9. The summed E-state index contributed by atoms with van der Waals surface area (Å²) in [6, 6.07) is 9.35. The van der Waals surface area contributed by atoms with Gasteiger partial charge in [0.1, 0.15) is 62.3 Å². The van der Waals surface area contributed by atoms with E-state index in [-0.39, 0.29) is 31.4 Å². The minimum atomic E-state index is -0.804.